The predicted octanol–water partition coefficient (Wildman–Crippen LogP) is 7.16. The van der Waals surface area contributed by atoms with Gasteiger partial charge in [0.2, 0.25) is 0 Å². The summed E-state index contributed by atoms with van der Waals surface area (Å²) < 4.78 is 0. The Bertz CT molecular complexity index is 1330. The topological polar surface area (TPSA) is 31.4 Å². The first-order valence-corrected chi connectivity index (χ1v) is 12.7. The van der Waals surface area contributed by atoms with Crippen molar-refractivity contribution in [3.63, 3.8) is 0 Å². The molecule has 0 aliphatic carbocycles. The number of rotatable bonds is 3. The van der Waals surface area contributed by atoms with Crippen LogP contribution in [0.3, 0.4) is 0 Å². The van der Waals surface area contributed by atoms with Gasteiger partial charge in [0.1, 0.15) is 0 Å². The summed E-state index contributed by atoms with van der Waals surface area (Å²) in [6, 6.07) is 16.6. The molecule has 0 saturated carbocycles. The Labute approximate surface area is 218 Å². The molecule has 1 fully saturated rings. The molecule has 35 heavy (non-hydrogen) atoms. The first-order valence-electron chi connectivity index (χ1n) is 11.9. The number of hydrogen-bond donors (Lipinski definition) is 1. The molecule has 0 unspecified atom stereocenters. The third-order valence-corrected chi connectivity index (χ3v) is 7.88. The largest absolute Gasteiger partial charge is 0.365 e. The summed E-state index contributed by atoms with van der Waals surface area (Å²) in [6.45, 7) is 10.9. The smallest absolute Gasteiger partial charge is 0.174 e. The number of hydrogen-bond acceptors (Lipinski definition) is 3. The minimum Gasteiger partial charge on any atom is -0.365 e. The Morgan fingerprint density at radius 2 is 1.74 bits per heavy atom. The SMILES string of the molecule is CC1=CC(C)(C)N(C)c2cc(Cl)c([C@@H]3[C@@H](c4ccccn4)NC(=S)N3c3cc(C)cc(C)c3)cc21. The summed E-state index contributed by atoms with van der Waals surface area (Å²) in [4.78, 5) is 9.18. The number of nitrogens with one attached hydrogen (secondary N) is 1. The lowest BCUT2D eigenvalue weighted by Crippen LogP contribution is -2.42. The number of thiocarbonyl (C=S) groups is 1. The van der Waals surface area contributed by atoms with Crippen molar-refractivity contribution in [2.24, 2.45) is 0 Å². The molecule has 2 aliphatic rings. The summed E-state index contributed by atoms with van der Waals surface area (Å²) in [5.41, 5.74) is 8.93. The van der Waals surface area contributed by atoms with Crippen molar-refractivity contribution >= 4 is 45.9 Å². The number of halogens is 1. The molecule has 0 bridgehead atoms. The van der Waals surface area contributed by atoms with Gasteiger partial charge in [-0.3, -0.25) is 4.98 Å². The zero-order valence-electron chi connectivity index (χ0n) is 21.1. The van der Waals surface area contributed by atoms with E-state index in [0.29, 0.717) is 5.11 Å². The highest BCUT2D eigenvalue weighted by Crippen LogP contribution is 2.48. The Morgan fingerprint density at radius 1 is 1.03 bits per heavy atom. The van der Waals surface area contributed by atoms with Gasteiger partial charge in [-0.05, 0) is 105 Å². The zero-order chi connectivity index (χ0) is 25.1. The highest BCUT2D eigenvalue weighted by atomic mass is 35.5. The summed E-state index contributed by atoms with van der Waals surface area (Å²) in [6.07, 6.45) is 4.15. The lowest BCUT2D eigenvalue weighted by molar-refractivity contribution is 0.566. The lowest BCUT2D eigenvalue weighted by Gasteiger charge is -2.41. The summed E-state index contributed by atoms with van der Waals surface area (Å²) in [5.74, 6) is 0. The number of fused-ring (bicyclic) bond motifs is 1. The molecule has 180 valence electrons. The minimum atomic E-state index is -0.149. The van der Waals surface area contributed by atoms with Gasteiger partial charge in [-0.2, -0.15) is 0 Å². The van der Waals surface area contributed by atoms with Crippen molar-refractivity contribution in [3.05, 3.63) is 93.8 Å². The molecule has 0 spiro atoms. The van der Waals surface area contributed by atoms with E-state index in [1.807, 2.05) is 24.4 Å². The molecule has 5 rings (SSSR count). The zero-order valence-corrected chi connectivity index (χ0v) is 22.6. The molecule has 0 radical (unpaired) electrons. The van der Waals surface area contributed by atoms with E-state index in [2.05, 4.69) is 98.2 Å². The van der Waals surface area contributed by atoms with Gasteiger partial charge in [-0.25, -0.2) is 0 Å². The Kier molecular flexibility index (Phi) is 5.89. The van der Waals surface area contributed by atoms with Crippen molar-refractivity contribution in [3.8, 4) is 0 Å². The van der Waals surface area contributed by atoms with Crippen LogP contribution in [0.2, 0.25) is 5.02 Å². The highest BCUT2D eigenvalue weighted by Gasteiger charge is 2.42. The molecule has 6 heteroatoms. The van der Waals surface area contributed by atoms with Gasteiger partial charge in [0.25, 0.3) is 0 Å². The van der Waals surface area contributed by atoms with Gasteiger partial charge in [0.15, 0.2) is 5.11 Å². The number of aromatic nitrogens is 1. The average Bonchev–Trinajstić information content (AvgIpc) is 3.14. The van der Waals surface area contributed by atoms with E-state index in [-0.39, 0.29) is 17.6 Å². The molecule has 0 amide bonds. The first kappa shape index (κ1) is 23.8. The van der Waals surface area contributed by atoms with Crippen LogP contribution in [0.4, 0.5) is 11.4 Å². The van der Waals surface area contributed by atoms with Gasteiger partial charge >= 0.3 is 0 Å². The Balaban J connectivity index is 1.72. The molecule has 4 nitrogen and oxygen atoms in total. The van der Waals surface area contributed by atoms with Crippen molar-refractivity contribution in [1.29, 1.82) is 0 Å². The number of likely N-dealkylation sites (N-methyl/N-ethyl adjacent to an activating group) is 1. The second-order valence-electron chi connectivity index (χ2n) is 10.3. The molecule has 3 heterocycles. The first-order chi connectivity index (χ1) is 16.6. The monoisotopic (exact) mass is 502 g/mol. The van der Waals surface area contributed by atoms with Crippen LogP contribution in [0.1, 0.15) is 60.8 Å². The molecule has 1 saturated heterocycles. The molecular weight excluding hydrogens is 472 g/mol. The number of anilines is 2. The van der Waals surface area contributed by atoms with Crippen LogP contribution in [0.15, 0.2) is 60.8 Å². The van der Waals surface area contributed by atoms with Crippen molar-refractivity contribution in [1.82, 2.24) is 10.3 Å². The van der Waals surface area contributed by atoms with Crippen LogP contribution < -0.4 is 15.1 Å². The maximum atomic E-state index is 7.10. The van der Waals surface area contributed by atoms with Gasteiger partial charge in [0.05, 0.1) is 23.3 Å². The van der Waals surface area contributed by atoms with Gasteiger partial charge in [0, 0.05) is 35.2 Å². The van der Waals surface area contributed by atoms with Crippen molar-refractivity contribution in [2.75, 3.05) is 16.8 Å². The maximum absolute atomic E-state index is 7.10. The fourth-order valence-corrected chi connectivity index (χ4v) is 6.07. The van der Waals surface area contributed by atoms with E-state index >= 15 is 0 Å². The quantitative estimate of drug-likeness (QED) is 0.384. The number of aryl methyl sites for hydroxylation is 2. The van der Waals surface area contributed by atoms with E-state index in [4.69, 9.17) is 23.8 Å². The van der Waals surface area contributed by atoms with Crippen LogP contribution in [0, 0.1) is 13.8 Å². The Hall–Kier alpha value is -2.89. The molecule has 2 aliphatic heterocycles. The average molecular weight is 503 g/mol. The normalized spacial score (nSPS) is 21.0. The second-order valence-corrected chi connectivity index (χ2v) is 11.1. The van der Waals surface area contributed by atoms with Crippen LogP contribution in [-0.2, 0) is 0 Å². The number of pyridine rings is 1. The predicted molar refractivity (Wildman–Crippen MR) is 151 cm³/mol. The van der Waals surface area contributed by atoms with E-state index < -0.39 is 0 Å². The molecule has 1 aromatic heterocycles. The second kappa shape index (κ2) is 8.65. The van der Waals surface area contributed by atoms with Gasteiger partial charge in [-0.1, -0.05) is 29.8 Å². The molecular formula is C29H31ClN4S. The fourth-order valence-electron chi connectivity index (χ4n) is 5.45. The van der Waals surface area contributed by atoms with Crippen molar-refractivity contribution in [2.45, 2.75) is 52.2 Å². The van der Waals surface area contributed by atoms with Gasteiger partial charge in [-0.15, -0.1) is 0 Å². The van der Waals surface area contributed by atoms with E-state index in [9.17, 15) is 0 Å². The summed E-state index contributed by atoms with van der Waals surface area (Å²) in [5, 5.41) is 4.96. The third-order valence-electron chi connectivity index (χ3n) is 7.24. The van der Waals surface area contributed by atoms with Crippen LogP contribution in [-0.4, -0.2) is 22.7 Å². The fraction of sp³-hybridized carbons (Fsp3) is 0.310. The maximum Gasteiger partial charge on any atom is 0.174 e. The van der Waals surface area contributed by atoms with E-state index in [1.165, 1.54) is 22.3 Å². The third kappa shape index (κ3) is 4.11. The molecule has 2 atom stereocenters. The van der Waals surface area contributed by atoms with Crippen LogP contribution in [0.25, 0.3) is 5.57 Å². The van der Waals surface area contributed by atoms with Crippen LogP contribution in [0.5, 0.6) is 0 Å². The van der Waals surface area contributed by atoms with Crippen LogP contribution >= 0.6 is 23.8 Å². The lowest BCUT2D eigenvalue weighted by atomic mass is 9.86. The number of nitrogens with zero attached hydrogens (tertiary/aromatic N) is 3. The summed E-state index contributed by atoms with van der Waals surface area (Å²) >= 11 is 13.0. The molecule has 2 aromatic carbocycles. The standard InChI is InChI=1S/C29H31ClN4S/c1-17-11-18(2)13-20(12-17)34-27(26(32-28(34)35)24-9-7-8-10-31-24)22-14-21-19(3)16-29(4,5)33(6)25(21)15-23(22)30/h7-16,26-27H,1-6H3,(H,32,35)/t26-,27-/m1/s1. The highest BCUT2D eigenvalue weighted by molar-refractivity contribution is 7.80. The molecule has 3 aromatic rings. The van der Waals surface area contributed by atoms with E-state index in [1.54, 1.807) is 0 Å². The minimum absolute atomic E-state index is 0.0833. The van der Waals surface area contributed by atoms with Crippen molar-refractivity contribution < 1.29 is 0 Å². The summed E-state index contributed by atoms with van der Waals surface area (Å²) in [7, 11) is 2.13. The Morgan fingerprint density at radius 3 is 2.40 bits per heavy atom. The number of allylic oxidation sites excluding steroid dienone is 1. The molecule has 1 N–H and O–H groups in total. The van der Waals surface area contributed by atoms with E-state index in [0.717, 1.165) is 27.7 Å². The van der Waals surface area contributed by atoms with Gasteiger partial charge < -0.3 is 15.1 Å². The number of benzene rings is 2.